The highest BCUT2D eigenvalue weighted by Gasteiger charge is 2.02. The molecule has 0 saturated carbocycles. The molecule has 0 saturated heterocycles. The molecule has 0 atom stereocenters. The highest BCUT2D eigenvalue weighted by Crippen LogP contribution is 2.19. The largest absolute Gasteiger partial charge is 0.507 e. The molecule has 1 rings (SSSR count). The predicted molar refractivity (Wildman–Crippen MR) is 64.8 cm³/mol. The van der Waals surface area contributed by atoms with Gasteiger partial charge in [-0.25, -0.2) is 0 Å². The Labute approximate surface area is 91.7 Å². The van der Waals surface area contributed by atoms with Gasteiger partial charge in [-0.1, -0.05) is 26.0 Å². The van der Waals surface area contributed by atoms with Crippen LogP contribution >= 0.6 is 0 Å². The van der Waals surface area contributed by atoms with Crippen LogP contribution in [-0.4, -0.2) is 17.4 Å². The van der Waals surface area contributed by atoms with Crippen LogP contribution in [0.3, 0.4) is 0 Å². The Hall–Kier alpha value is -1.31. The summed E-state index contributed by atoms with van der Waals surface area (Å²) in [7, 11) is 0. The highest BCUT2D eigenvalue weighted by molar-refractivity contribution is 5.84. The summed E-state index contributed by atoms with van der Waals surface area (Å²) in [6.07, 6.45) is 3.86. The van der Waals surface area contributed by atoms with Crippen molar-refractivity contribution in [3.63, 3.8) is 0 Å². The number of nitrogens with zero attached hydrogens (tertiary/aromatic N) is 1. The molecule has 0 fully saturated rings. The molecular weight excluding hydrogens is 186 g/mol. The molecule has 0 aliphatic heterocycles. The fourth-order valence-corrected chi connectivity index (χ4v) is 1.47. The van der Waals surface area contributed by atoms with Crippen LogP contribution in [-0.2, 0) is 0 Å². The van der Waals surface area contributed by atoms with Gasteiger partial charge in [-0.2, -0.15) is 0 Å². The third kappa shape index (κ3) is 3.08. The summed E-state index contributed by atoms with van der Waals surface area (Å²) in [6, 6.07) is 6.08. The summed E-state index contributed by atoms with van der Waals surface area (Å²) in [5.74, 6) is 0.340. The van der Waals surface area contributed by atoms with Gasteiger partial charge in [0.15, 0.2) is 0 Å². The Morgan fingerprint density at radius 1 is 1.33 bits per heavy atom. The molecule has 0 unspecified atom stereocenters. The number of para-hydroxylation sites is 1. The Morgan fingerprint density at radius 3 is 2.60 bits per heavy atom. The Morgan fingerprint density at radius 2 is 2.00 bits per heavy atom. The van der Waals surface area contributed by atoms with Crippen molar-refractivity contribution in [1.82, 2.24) is 0 Å². The second-order valence-corrected chi connectivity index (χ2v) is 3.76. The number of aromatic hydroxyl groups is 1. The molecule has 15 heavy (non-hydrogen) atoms. The zero-order chi connectivity index (χ0) is 11.3. The molecular formula is C13H19NO. The number of rotatable bonds is 4. The summed E-state index contributed by atoms with van der Waals surface area (Å²) in [5, 5.41) is 9.76. The van der Waals surface area contributed by atoms with E-state index in [1.54, 1.807) is 6.21 Å². The van der Waals surface area contributed by atoms with Gasteiger partial charge in [0.2, 0.25) is 0 Å². The quantitative estimate of drug-likeness (QED) is 0.751. The number of aryl methyl sites for hydroxylation is 1. The van der Waals surface area contributed by atoms with E-state index in [9.17, 15) is 5.11 Å². The molecule has 0 aliphatic carbocycles. The van der Waals surface area contributed by atoms with Crippen molar-refractivity contribution in [3.05, 3.63) is 29.3 Å². The van der Waals surface area contributed by atoms with E-state index in [2.05, 4.69) is 18.8 Å². The third-order valence-electron chi connectivity index (χ3n) is 2.64. The molecule has 0 radical (unpaired) electrons. The maximum Gasteiger partial charge on any atom is 0.127 e. The molecule has 0 aromatic heterocycles. The van der Waals surface area contributed by atoms with E-state index >= 15 is 0 Å². The number of phenolic OH excluding ortho intramolecular Hbond substituents is 1. The van der Waals surface area contributed by atoms with E-state index in [4.69, 9.17) is 0 Å². The first-order valence-corrected chi connectivity index (χ1v) is 5.50. The molecule has 1 aromatic rings. The lowest BCUT2D eigenvalue weighted by Crippen LogP contribution is -2.00. The number of aliphatic imine (C=N–C) groups is 1. The molecule has 0 heterocycles. The van der Waals surface area contributed by atoms with E-state index in [1.807, 2.05) is 25.1 Å². The first-order chi connectivity index (χ1) is 7.19. The minimum absolute atomic E-state index is 0.340. The van der Waals surface area contributed by atoms with Crippen molar-refractivity contribution in [2.45, 2.75) is 39.7 Å². The molecule has 0 spiro atoms. The van der Waals surface area contributed by atoms with Crippen molar-refractivity contribution in [1.29, 1.82) is 0 Å². The Bertz CT molecular complexity index is 340. The number of hydrogen-bond donors (Lipinski definition) is 1. The number of benzene rings is 1. The fraction of sp³-hybridized carbons (Fsp3) is 0.462. The van der Waals surface area contributed by atoms with Crippen molar-refractivity contribution in [2.75, 3.05) is 0 Å². The minimum atomic E-state index is 0.340. The number of hydrogen-bond acceptors (Lipinski definition) is 2. The Balaban J connectivity index is 2.84. The van der Waals surface area contributed by atoms with E-state index in [1.165, 1.54) is 0 Å². The summed E-state index contributed by atoms with van der Waals surface area (Å²) in [5.41, 5.74) is 1.70. The van der Waals surface area contributed by atoms with Gasteiger partial charge in [0.1, 0.15) is 5.75 Å². The zero-order valence-corrected chi connectivity index (χ0v) is 9.70. The van der Waals surface area contributed by atoms with Crippen LogP contribution in [0.4, 0.5) is 0 Å². The summed E-state index contributed by atoms with van der Waals surface area (Å²) in [4.78, 5) is 4.45. The van der Waals surface area contributed by atoms with Crippen molar-refractivity contribution in [3.8, 4) is 5.75 Å². The lowest BCUT2D eigenvalue weighted by atomic mass is 10.1. The average molecular weight is 205 g/mol. The molecule has 0 aliphatic rings. The van der Waals surface area contributed by atoms with Crippen LogP contribution < -0.4 is 0 Å². The first-order valence-electron chi connectivity index (χ1n) is 5.50. The number of phenols is 1. The van der Waals surface area contributed by atoms with Gasteiger partial charge in [0.05, 0.1) is 0 Å². The van der Waals surface area contributed by atoms with Gasteiger partial charge in [0, 0.05) is 17.8 Å². The molecule has 82 valence electrons. The first kappa shape index (κ1) is 11.8. The van der Waals surface area contributed by atoms with Crippen molar-refractivity contribution in [2.24, 2.45) is 4.99 Å². The second-order valence-electron chi connectivity index (χ2n) is 3.76. The Kier molecular flexibility index (Phi) is 4.35. The average Bonchev–Trinajstić information content (AvgIpc) is 2.25. The molecule has 2 nitrogen and oxygen atoms in total. The molecule has 0 bridgehead atoms. The smallest absolute Gasteiger partial charge is 0.127 e. The van der Waals surface area contributed by atoms with Gasteiger partial charge in [-0.05, 0) is 31.4 Å². The second kappa shape index (κ2) is 5.54. The van der Waals surface area contributed by atoms with Gasteiger partial charge in [0.25, 0.3) is 0 Å². The van der Waals surface area contributed by atoms with E-state index in [0.29, 0.717) is 11.8 Å². The van der Waals surface area contributed by atoms with E-state index in [-0.39, 0.29) is 0 Å². The maximum absolute atomic E-state index is 9.76. The fourth-order valence-electron chi connectivity index (χ4n) is 1.47. The topological polar surface area (TPSA) is 32.6 Å². The maximum atomic E-state index is 9.76. The molecule has 1 aromatic carbocycles. The van der Waals surface area contributed by atoms with Crippen LogP contribution in [0.2, 0.25) is 0 Å². The van der Waals surface area contributed by atoms with E-state index in [0.717, 1.165) is 24.0 Å². The van der Waals surface area contributed by atoms with Crippen LogP contribution in [0.5, 0.6) is 5.75 Å². The van der Waals surface area contributed by atoms with Gasteiger partial charge >= 0.3 is 0 Å². The highest BCUT2D eigenvalue weighted by atomic mass is 16.3. The summed E-state index contributed by atoms with van der Waals surface area (Å²) in [6.45, 7) is 6.15. The normalized spacial score (nSPS) is 11.5. The lowest BCUT2D eigenvalue weighted by Gasteiger charge is -2.06. The third-order valence-corrected chi connectivity index (χ3v) is 2.64. The van der Waals surface area contributed by atoms with Crippen LogP contribution in [0.15, 0.2) is 23.2 Å². The SMILES string of the molecule is CCC(CC)N=Cc1cccc(C)c1O. The predicted octanol–water partition coefficient (Wildman–Crippen LogP) is 3.31. The van der Waals surface area contributed by atoms with Gasteiger partial charge < -0.3 is 5.11 Å². The van der Waals surface area contributed by atoms with Gasteiger partial charge in [-0.15, -0.1) is 0 Å². The van der Waals surface area contributed by atoms with Crippen molar-refractivity contribution >= 4 is 6.21 Å². The monoisotopic (exact) mass is 205 g/mol. The standard InChI is InChI=1S/C13H19NO/c1-4-12(5-2)14-9-11-8-6-7-10(3)13(11)15/h6-9,12,15H,4-5H2,1-3H3. The lowest BCUT2D eigenvalue weighted by molar-refractivity contribution is 0.470. The summed E-state index contributed by atoms with van der Waals surface area (Å²) < 4.78 is 0. The van der Waals surface area contributed by atoms with Crippen LogP contribution in [0.25, 0.3) is 0 Å². The van der Waals surface area contributed by atoms with E-state index < -0.39 is 0 Å². The molecule has 0 amide bonds. The van der Waals surface area contributed by atoms with Crippen molar-refractivity contribution < 1.29 is 5.11 Å². The summed E-state index contributed by atoms with van der Waals surface area (Å²) >= 11 is 0. The zero-order valence-electron chi connectivity index (χ0n) is 9.70. The van der Waals surface area contributed by atoms with Crippen LogP contribution in [0, 0.1) is 6.92 Å². The van der Waals surface area contributed by atoms with Crippen LogP contribution in [0.1, 0.15) is 37.8 Å². The van der Waals surface area contributed by atoms with Gasteiger partial charge in [-0.3, -0.25) is 4.99 Å². The molecule has 1 N–H and O–H groups in total. The minimum Gasteiger partial charge on any atom is -0.507 e. The molecule has 2 heteroatoms.